The van der Waals surface area contributed by atoms with E-state index in [4.69, 9.17) is 0 Å². The minimum atomic E-state index is -2.57. The van der Waals surface area contributed by atoms with Gasteiger partial charge in [-0.2, -0.15) is 4.36 Å². The Labute approximate surface area is 137 Å². The third-order valence-electron chi connectivity index (χ3n) is 3.27. The number of nitrogens with zero attached hydrogens (tertiary/aromatic N) is 1. The molecule has 2 aromatic carbocycles. The Bertz CT molecular complexity index is 845. The molecule has 2 aromatic rings. The normalized spacial score (nSPS) is 13.5. The fourth-order valence-electron chi connectivity index (χ4n) is 1.97. The third kappa shape index (κ3) is 4.53. The van der Waals surface area contributed by atoms with Crippen LogP contribution in [0.2, 0.25) is 0 Å². The number of hydrogen-bond acceptors (Lipinski definition) is 4. The number of aryl methyl sites for hydroxylation is 1. The molecule has 0 N–H and O–H groups in total. The largest absolute Gasteiger partial charge is 0.466 e. The quantitative estimate of drug-likeness (QED) is 0.630. The second-order valence-corrected chi connectivity index (χ2v) is 7.38. The molecule has 5 heteroatoms. The van der Waals surface area contributed by atoms with Crippen molar-refractivity contribution in [1.82, 2.24) is 0 Å². The molecule has 0 fully saturated rings. The van der Waals surface area contributed by atoms with Crippen LogP contribution in [-0.4, -0.2) is 23.5 Å². The fourth-order valence-corrected chi connectivity index (χ4v) is 3.26. The van der Waals surface area contributed by atoms with Gasteiger partial charge in [-0.1, -0.05) is 35.9 Å². The predicted octanol–water partition coefficient (Wildman–Crippen LogP) is 3.97. The van der Waals surface area contributed by atoms with Crippen LogP contribution in [-0.2, 0) is 19.3 Å². The molecule has 0 aliphatic rings. The van der Waals surface area contributed by atoms with Crippen molar-refractivity contribution in [3.63, 3.8) is 0 Å². The summed E-state index contributed by atoms with van der Waals surface area (Å²) >= 11 is 0. The maximum atomic E-state index is 12.9. The zero-order chi connectivity index (χ0) is 16.9. The van der Waals surface area contributed by atoms with Crippen LogP contribution in [0.1, 0.15) is 11.1 Å². The molecule has 0 bridgehead atoms. The first-order chi connectivity index (χ1) is 10.9. The van der Waals surface area contributed by atoms with Gasteiger partial charge in [-0.3, -0.25) is 0 Å². The summed E-state index contributed by atoms with van der Waals surface area (Å²) in [4.78, 5) is 11.9. The molecule has 120 valence electrons. The van der Waals surface area contributed by atoms with E-state index in [1.165, 1.54) is 13.2 Å². The molecule has 0 amide bonds. The highest BCUT2D eigenvalue weighted by Crippen LogP contribution is 2.24. The smallest absolute Gasteiger partial charge is 0.330 e. The second kappa shape index (κ2) is 7.24. The van der Waals surface area contributed by atoms with E-state index in [0.717, 1.165) is 5.56 Å². The lowest BCUT2D eigenvalue weighted by Crippen LogP contribution is -1.97. The highest BCUT2D eigenvalue weighted by atomic mass is 32.2. The van der Waals surface area contributed by atoms with E-state index >= 15 is 0 Å². The maximum absolute atomic E-state index is 12.9. The topological polar surface area (TPSA) is 55.7 Å². The van der Waals surface area contributed by atoms with Crippen molar-refractivity contribution in [2.45, 2.75) is 11.8 Å². The summed E-state index contributed by atoms with van der Waals surface area (Å²) in [5, 5.41) is 0. The first-order valence-electron chi connectivity index (χ1n) is 7.06. The molecule has 0 saturated heterocycles. The molecule has 0 aliphatic carbocycles. The van der Waals surface area contributed by atoms with Crippen molar-refractivity contribution in [1.29, 1.82) is 0 Å². The van der Waals surface area contributed by atoms with Crippen LogP contribution in [0.15, 0.2) is 63.9 Å². The fraction of sp³-hybridized carbons (Fsp3) is 0.167. The molecular weight excluding hydrogens is 310 g/mol. The number of carbonyl (C=O) groups excluding carboxylic acids is 1. The van der Waals surface area contributed by atoms with Gasteiger partial charge in [0.1, 0.15) is 0 Å². The van der Waals surface area contributed by atoms with Crippen molar-refractivity contribution < 1.29 is 13.7 Å². The summed E-state index contributed by atoms with van der Waals surface area (Å²) in [6.45, 7) is 1.98. The third-order valence-corrected chi connectivity index (χ3v) is 4.96. The van der Waals surface area contributed by atoms with Crippen molar-refractivity contribution >= 4 is 27.5 Å². The molecule has 0 aliphatic heterocycles. The number of hydrogen-bond donors (Lipinski definition) is 0. The van der Waals surface area contributed by atoms with Crippen molar-refractivity contribution in [3.05, 3.63) is 65.7 Å². The first kappa shape index (κ1) is 17.0. The van der Waals surface area contributed by atoms with Gasteiger partial charge in [0.15, 0.2) is 0 Å². The summed E-state index contributed by atoms with van der Waals surface area (Å²) in [6, 6.07) is 14.7. The Morgan fingerprint density at radius 2 is 1.78 bits per heavy atom. The summed E-state index contributed by atoms with van der Waals surface area (Å²) in [6.07, 6.45) is 4.53. The Kier molecular flexibility index (Phi) is 5.34. The molecule has 4 nitrogen and oxygen atoms in total. The minimum Gasteiger partial charge on any atom is -0.466 e. The van der Waals surface area contributed by atoms with Crippen LogP contribution in [0.25, 0.3) is 6.08 Å². The molecule has 0 spiro atoms. The van der Waals surface area contributed by atoms with Gasteiger partial charge in [0.25, 0.3) is 0 Å². The van der Waals surface area contributed by atoms with Crippen molar-refractivity contribution in [3.8, 4) is 0 Å². The van der Waals surface area contributed by atoms with Gasteiger partial charge in [-0.25, -0.2) is 9.00 Å². The Morgan fingerprint density at radius 1 is 1.13 bits per heavy atom. The first-order valence-corrected chi connectivity index (χ1v) is 8.98. The summed E-state index contributed by atoms with van der Waals surface area (Å²) in [7, 11) is -1.25. The van der Waals surface area contributed by atoms with E-state index < -0.39 is 15.7 Å². The highest BCUT2D eigenvalue weighted by Gasteiger charge is 2.07. The Balaban J connectivity index is 2.46. The van der Waals surface area contributed by atoms with Crippen LogP contribution < -0.4 is 0 Å². The molecule has 0 aromatic heterocycles. The molecule has 0 heterocycles. The molecule has 2 rings (SSSR count). The summed E-state index contributed by atoms with van der Waals surface area (Å²) < 4.78 is 21.9. The van der Waals surface area contributed by atoms with Crippen LogP contribution in [0, 0.1) is 6.92 Å². The molecule has 0 saturated carbocycles. The van der Waals surface area contributed by atoms with Crippen molar-refractivity contribution in [2.75, 3.05) is 13.4 Å². The standard InChI is InChI=1S/C18H19NO3S/c1-14-8-11-16(12-9-14)23(3,21)19-17-7-5-4-6-15(17)10-13-18(20)22-2/h4-13H,1-3H3/b13-10+/t23-/m1/s1. The summed E-state index contributed by atoms with van der Waals surface area (Å²) in [5.74, 6) is -0.449. The molecule has 0 radical (unpaired) electrons. The number of methoxy groups -OCH3 is 1. The number of benzene rings is 2. The number of carbonyl (C=O) groups is 1. The number of esters is 1. The van der Waals surface area contributed by atoms with Crippen LogP contribution >= 0.6 is 0 Å². The SMILES string of the molecule is COC(=O)/C=C/c1ccccc1N=[S@](C)(=O)c1ccc(C)cc1. The van der Waals surface area contributed by atoms with Crippen LogP contribution in [0.4, 0.5) is 5.69 Å². The van der Waals surface area contributed by atoms with E-state index in [2.05, 4.69) is 9.10 Å². The second-order valence-electron chi connectivity index (χ2n) is 5.12. The molecule has 23 heavy (non-hydrogen) atoms. The minimum absolute atomic E-state index is 0.449. The van der Waals surface area contributed by atoms with E-state index in [-0.39, 0.29) is 0 Å². The average Bonchev–Trinajstić information content (AvgIpc) is 2.53. The van der Waals surface area contributed by atoms with E-state index in [9.17, 15) is 9.00 Å². The lowest BCUT2D eigenvalue weighted by molar-refractivity contribution is -0.134. The highest BCUT2D eigenvalue weighted by molar-refractivity contribution is 7.93. The lowest BCUT2D eigenvalue weighted by Gasteiger charge is -2.07. The summed E-state index contributed by atoms with van der Waals surface area (Å²) in [5.41, 5.74) is 2.38. The van der Waals surface area contributed by atoms with Crippen LogP contribution in [0.5, 0.6) is 0 Å². The van der Waals surface area contributed by atoms with E-state index in [1.807, 2.05) is 49.4 Å². The lowest BCUT2D eigenvalue weighted by atomic mass is 10.2. The zero-order valence-corrected chi connectivity index (χ0v) is 14.2. The van der Waals surface area contributed by atoms with Gasteiger partial charge in [0.05, 0.1) is 22.5 Å². The average molecular weight is 329 g/mol. The van der Waals surface area contributed by atoms with Gasteiger partial charge in [0, 0.05) is 22.8 Å². The van der Waals surface area contributed by atoms with Gasteiger partial charge in [0.2, 0.25) is 0 Å². The van der Waals surface area contributed by atoms with Gasteiger partial charge in [-0.05, 0) is 31.2 Å². The van der Waals surface area contributed by atoms with Gasteiger partial charge >= 0.3 is 5.97 Å². The number of rotatable bonds is 4. The molecule has 1 atom stereocenters. The monoisotopic (exact) mass is 329 g/mol. The van der Waals surface area contributed by atoms with Gasteiger partial charge in [-0.15, -0.1) is 0 Å². The molecule has 0 unspecified atom stereocenters. The van der Waals surface area contributed by atoms with E-state index in [0.29, 0.717) is 16.1 Å². The maximum Gasteiger partial charge on any atom is 0.330 e. The number of ether oxygens (including phenoxy) is 1. The predicted molar refractivity (Wildman–Crippen MR) is 93.1 cm³/mol. The Hall–Kier alpha value is -2.40. The molecular formula is C18H19NO3S. The zero-order valence-electron chi connectivity index (χ0n) is 13.4. The van der Waals surface area contributed by atoms with E-state index in [1.54, 1.807) is 18.4 Å². The van der Waals surface area contributed by atoms with Crippen molar-refractivity contribution in [2.24, 2.45) is 4.36 Å². The Morgan fingerprint density at radius 3 is 2.43 bits per heavy atom. The van der Waals surface area contributed by atoms with Gasteiger partial charge < -0.3 is 4.74 Å². The van der Waals surface area contributed by atoms with Crippen LogP contribution in [0.3, 0.4) is 0 Å².